The Kier molecular flexibility index (Phi) is 3.59. The molecule has 0 unspecified atom stereocenters. The molecule has 3 aromatic rings. The minimum absolute atomic E-state index is 0.614. The van der Waals surface area contributed by atoms with Crippen molar-refractivity contribution in [2.45, 2.75) is 0 Å². The van der Waals surface area contributed by atoms with Crippen LogP contribution in [0.25, 0.3) is 22.2 Å². The third-order valence-corrected chi connectivity index (χ3v) is 3.91. The molecule has 4 nitrogen and oxygen atoms in total. The smallest absolute Gasteiger partial charge is 0.162 e. The number of carbonyl (C=O) groups is 1. The molecule has 0 aliphatic carbocycles. The maximum Gasteiger partial charge on any atom is 0.162 e. The summed E-state index contributed by atoms with van der Waals surface area (Å²) in [5.41, 5.74) is 3.48. The van der Waals surface area contributed by atoms with E-state index in [-0.39, 0.29) is 0 Å². The quantitative estimate of drug-likeness (QED) is 0.689. The molecule has 1 heterocycles. The van der Waals surface area contributed by atoms with Crippen LogP contribution >= 0.6 is 0 Å². The molecule has 0 aliphatic rings. The number of methoxy groups -OCH3 is 2. The predicted octanol–water partition coefficient (Wildman–Crippen LogP) is 3.68. The summed E-state index contributed by atoms with van der Waals surface area (Å²) in [5, 5.41) is 0.856. The second-order valence-electron chi connectivity index (χ2n) is 5.03. The average molecular weight is 295 g/mol. The summed E-state index contributed by atoms with van der Waals surface area (Å²) in [7, 11) is 5.14. The van der Waals surface area contributed by atoms with Crippen molar-refractivity contribution in [3.8, 4) is 22.8 Å². The number of nitrogens with zero attached hydrogens (tertiary/aromatic N) is 1. The van der Waals surface area contributed by atoms with Crippen LogP contribution in [0.1, 0.15) is 10.4 Å². The van der Waals surface area contributed by atoms with Crippen LogP contribution < -0.4 is 9.47 Å². The van der Waals surface area contributed by atoms with Crippen molar-refractivity contribution >= 4 is 17.2 Å². The normalized spacial score (nSPS) is 10.7. The van der Waals surface area contributed by atoms with E-state index in [0.29, 0.717) is 17.1 Å². The van der Waals surface area contributed by atoms with Gasteiger partial charge in [0, 0.05) is 24.1 Å². The maximum absolute atomic E-state index is 11.7. The molecule has 22 heavy (non-hydrogen) atoms. The Morgan fingerprint density at radius 1 is 1.00 bits per heavy atom. The summed E-state index contributed by atoms with van der Waals surface area (Å²) >= 11 is 0. The van der Waals surface area contributed by atoms with E-state index in [1.165, 1.54) is 0 Å². The number of ether oxygens (including phenoxy) is 2. The second-order valence-corrected chi connectivity index (χ2v) is 5.03. The van der Waals surface area contributed by atoms with Gasteiger partial charge in [-0.1, -0.05) is 30.3 Å². The van der Waals surface area contributed by atoms with Gasteiger partial charge >= 0.3 is 0 Å². The van der Waals surface area contributed by atoms with E-state index < -0.39 is 0 Å². The van der Waals surface area contributed by atoms with Crippen LogP contribution in [0.2, 0.25) is 0 Å². The topological polar surface area (TPSA) is 40.5 Å². The monoisotopic (exact) mass is 295 g/mol. The minimum atomic E-state index is 0.614. The first-order valence-corrected chi connectivity index (χ1v) is 6.96. The number of aryl methyl sites for hydroxylation is 1. The van der Waals surface area contributed by atoms with E-state index in [1.807, 2.05) is 54.1 Å². The molecular formula is C18H17NO3. The molecule has 2 aromatic carbocycles. The lowest BCUT2D eigenvalue weighted by molar-refractivity contribution is 0.112. The SMILES string of the molecule is COc1cc2c(C=O)c(-c3ccccc3)n(C)c2cc1OC. The molecule has 0 spiro atoms. The predicted molar refractivity (Wildman–Crippen MR) is 86.8 cm³/mol. The summed E-state index contributed by atoms with van der Waals surface area (Å²) in [6.07, 6.45) is 0.899. The van der Waals surface area contributed by atoms with Crippen LogP contribution in [0.15, 0.2) is 42.5 Å². The molecule has 0 atom stereocenters. The molecule has 1 aromatic heterocycles. The summed E-state index contributed by atoms with van der Waals surface area (Å²) in [4.78, 5) is 11.7. The molecule has 0 radical (unpaired) electrons. The number of hydrogen-bond donors (Lipinski definition) is 0. The first kappa shape index (κ1) is 14.2. The summed E-state index contributed by atoms with van der Waals surface area (Å²) in [6.45, 7) is 0. The van der Waals surface area contributed by atoms with Crippen molar-refractivity contribution in [3.63, 3.8) is 0 Å². The van der Waals surface area contributed by atoms with E-state index in [0.717, 1.165) is 28.4 Å². The lowest BCUT2D eigenvalue weighted by Gasteiger charge is -2.08. The van der Waals surface area contributed by atoms with E-state index >= 15 is 0 Å². The second kappa shape index (κ2) is 5.56. The van der Waals surface area contributed by atoms with Gasteiger partial charge in [-0.05, 0) is 11.6 Å². The molecule has 0 saturated heterocycles. The van der Waals surface area contributed by atoms with Crippen LogP contribution in [-0.2, 0) is 7.05 Å². The van der Waals surface area contributed by atoms with E-state index in [4.69, 9.17) is 9.47 Å². The number of aromatic nitrogens is 1. The fourth-order valence-electron chi connectivity index (χ4n) is 2.85. The lowest BCUT2D eigenvalue weighted by atomic mass is 10.1. The standard InChI is InChI=1S/C18H17NO3/c1-19-15-10-17(22-3)16(21-2)9-13(15)14(11-20)18(19)12-7-5-4-6-8-12/h4-11H,1-3H3. The molecule has 0 fully saturated rings. The first-order valence-electron chi connectivity index (χ1n) is 6.96. The van der Waals surface area contributed by atoms with Crippen molar-refractivity contribution < 1.29 is 14.3 Å². The molecule has 0 N–H and O–H groups in total. The lowest BCUT2D eigenvalue weighted by Crippen LogP contribution is -1.94. The maximum atomic E-state index is 11.7. The fourth-order valence-corrected chi connectivity index (χ4v) is 2.85. The average Bonchev–Trinajstić information content (AvgIpc) is 2.85. The highest BCUT2D eigenvalue weighted by Crippen LogP contribution is 2.38. The zero-order valence-electron chi connectivity index (χ0n) is 12.8. The summed E-state index contributed by atoms with van der Waals surface area (Å²) < 4.78 is 12.7. The summed E-state index contributed by atoms with van der Waals surface area (Å²) in [6, 6.07) is 13.6. The Morgan fingerprint density at radius 2 is 1.64 bits per heavy atom. The Morgan fingerprint density at radius 3 is 2.23 bits per heavy atom. The molecule has 0 amide bonds. The minimum Gasteiger partial charge on any atom is -0.493 e. The van der Waals surface area contributed by atoms with Crippen LogP contribution in [-0.4, -0.2) is 25.1 Å². The number of aldehydes is 1. The van der Waals surface area contributed by atoms with Crippen LogP contribution in [0.4, 0.5) is 0 Å². The van der Waals surface area contributed by atoms with Crippen molar-refractivity contribution in [2.75, 3.05) is 14.2 Å². The summed E-state index contributed by atoms with van der Waals surface area (Å²) in [5.74, 6) is 1.26. The Balaban J connectivity index is 2.39. The molecule has 0 saturated carbocycles. The Hall–Kier alpha value is -2.75. The molecule has 3 rings (SSSR count). The van der Waals surface area contributed by atoms with Crippen LogP contribution in [0.3, 0.4) is 0 Å². The van der Waals surface area contributed by atoms with Gasteiger partial charge in [-0.3, -0.25) is 4.79 Å². The van der Waals surface area contributed by atoms with Crippen molar-refractivity contribution in [1.82, 2.24) is 4.57 Å². The number of benzene rings is 2. The molecule has 4 heteroatoms. The van der Waals surface area contributed by atoms with Crippen molar-refractivity contribution in [3.05, 3.63) is 48.0 Å². The van der Waals surface area contributed by atoms with E-state index in [9.17, 15) is 4.79 Å². The molecule has 0 aliphatic heterocycles. The van der Waals surface area contributed by atoms with Gasteiger partial charge in [0.25, 0.3) is 0 Å². The third-order valence-electron chi connectivity index (χ3n) is 3.91. The van der Waals surface area contributed by atoms with Crippen LogP contribution in [0.5, 0.6) is 11.5 Å². The van der Waals surface area contributed by atoms with Crippen LogP contribution in [0, 0.1) is 0 Å². The van der Waals surface area contributed by atoms with E-state index in [2.05, 4.69) is 0 Å². The van der Waals surface area contributed by atoms with Crippen molar-refractivity contribution in [2.24, 2.45) is 7.05 Å². The Bertz CT molecular complexity index is 835. The number of fused-ring (bicyclic) bond motifs is 1. The Labute approximate surface area is 128 Å². The van der Waals surface area contributed by atoms with Gasteiger partial charge in [0.2, 0.25) is 0 Å². The van der Waals surface area contributed by atoms with Gasteiger partial charge in [0.15, 0.2) is 17.8 Å². The van der Waals surface area contributed by atoms with Crippen molar-refractivity contribution in [1.29, 1.82) is 0 Å². The van der Waals surface area contributed by atoms with Gasteiger partial charge in [0.1, 0.15) is 0 Å². The molecule has 0 bridgehead atoms. The van der Waals surface area contributed by atoms with E-state index in [1.54, 1.807) is 14.2 Å². The molecule has 112 valence electrons. The fraction of sp³-hybridized carbons (Fsp3) is 0.167. The van der Waals surface area contributed by atoms with Gasteiger partial charge in [-0.15, -0.1) is 0 Å². The number of hydrogen-bond acceptors (Lipinski definition) is 3. The largest absolute Gasteiger partial charge is 0.493 e. The zero-order chi connectivity index (χ0) is 15.7. The van der Waals surface area contributed by atoms with Gasteiger partial charge in [0.05, 0.1) is 25.4 Å². The highest BCUT2D eigenvalue weighted by Gasteiger charge is 2.18. The number of rotatable bonds is 4. The van der Waals surface area contributed by atoms with Gasteiger partial charge in [-0.25, -0.2) is 0 Å². The highest BCUT2D eigenvalue weighted by molar-refractivity contribution is 6.06. The third kappa shape index (κ3) is 2.04. The molecular weight excluding hydrogens is 278 g/mol. The first-order chi connectivity index (χ1) is 10.7. The van der Waals surface area contributed by atoms with Gasteiger partial charge in [-0.2, -0.15) is 0 Å². The van der Waals surface area contributed by atoms with Gasteiger partial charge < -0.3 is 14.0 Å². The zero-order valence-corrected chi connectivity index (χ0v) is 12.8. The number of carbonyl (C=O) groups excluding carboxylic acids is 1. The highest BCUT2D eigenvalue weighted by atomic mass is 16.5.